The minimum atomic E-state index is 0.645. The second kappa shape index (κ2) is 5.25. The van der Waals surface area contributed by atoms with Gasteiger partial charge in [-0.2, -0.15) is 0 Å². The van der Waals surface area contributed by atoms with Gasteiger partial charge in [0.15, 0.2) is 0 Å². The van der Waals surface area contributed by atoms with Gasteiger partial charge in [0.2, 0.25) is 5.96 Å². The second-order valence-electron chi connectivity index (χ2n) is 3.85. The van der Waals surface area contributed by atoms with E-state index in [1.165, 1.54) is 0 Å². The third-order valence-electron chi connectivity index (χ3n) is 2.51. The maximum absolute atomic E-state index is 4.15. The van der Waals surface area contributed by atoms with Gasteiger partial charge in [-0.3, -0.25) is 4.98 Å². The minimum absolute atomic E-state index is 0.645. The molecule has 1 aliphatic rings. The Kier molecular flexibility index (Phi) is 3.30. The van der Waals surface area contributed by atoms with Crippen LogP contribution in [0.15, 0.2) is 58.4 Å². The van der Waals surface area contributed by atoms with Gasteiger partial charge in [0.1, 0.15) is 0 Å². The molecule has 0 bridgehead atoms. The van der Waals surface area contributed by atoms with E-state index in [0.29, 0.717) is 5.96 Å². The van der Waals surface area contributed by atoms with Crippen LogP contribution < -0.4 is 21.4 Å². The normalized spacial score (nSPS) is 13.9. The Bertz CT molecular complexity index is 600. The van der Waals surface area contributed by atoms with Crippen LogP contribution in [0.1, 0.15) is 0 Å². The quantitative estimate of drug-likeness (QED) is 0.791. The van der Waals surface area contributed by atoms with Crippen LogP contribution in [-0.4, -0.2) is 10.9 Å². The molecule has 0 radical (unpaired) electrons. The molecule has 0 aliphatic carbocycles. The first-order valence-corrected chi connectivity index (χ1v) is 6.43. The molecule has 0 saturated carbocycles. The summed E-state index contributed by atoms with van der Waals surface area (Å²) >= 11 is 3.38. The van der Waals surface area contributed by atoms with Gasteiger partial charge in [0, 0.05) is 10.7 Å². The standard InChI is InChI=1S/C12H11BrN6/c13-9-6-10(8-14-7-9)15-12-16-17-18-19(12)11-4-2-1-3-5-11/h1-8,17-18H,(H,15,16). The zero-order valence-electron chi connectivity index (χ0n) is 9.84. The predicted molar refractivity (Wildman–Crippen MR) is 78.2 cm³/mol. The fraction of sp³-hybridized carbons (Fsp3) is 0. The lowest BCUT2D eigenvalue weighted by Gasteiger charge is -2.19. The van der Waals surface area contributed by atoms with Crippen LogP contribution in [0.25, 0.3) is 0 Å². The fourth-order valence-corrected chi connectivity index (χ4v) is 2.05. The van der Waals surface area contributed by atoms with Crippen molar-refractivity contribution in [2.75, 3.05) is 10.3 Å². The second-order valence-corrected chi connectivity index (χ2v) is 4.76. The molecule has 0 saturated heterocycles. The lowest BCUT2D eigenvalue weighted by molar-refractivity contribution is 0.623. The average molecular weight is 319 g/mol. The summed E-state index contributed by atoms with van der Waals surface area (Å²) in [4.78, 5) is 4.10. The fourth-order valence-electron chi connectivity index (χ4n) is 1.69. The lowest BCUT2D eigenvalue weighted by Crippen LogP contribution is -2.43. The van der Waals surface area contributed by atoms with Crippen molar-refractivity contribution in [2.24, 2.45) is 5.10 Å². The van der Waals surface area contributed by atoms with E-state index in [2.05, 4.69) is 42.4 Å². The molecule has 7 heteroatoms. The number of benzene rings is 1. The molecule has 6 nitrogen and oxygen atoms in total. The van der Waals surface area contributed by atoms with E-state index >= 15 is 0 Å². The summed E-state index contributed by atoms with van der Waals surface area (Å²) in [7, 11) is 0. The number of hydrogen-bond acceptors (Lipinski definition) is 6. The summed E-state index contributed by atoms with van der Waals surface area (Å²) in [5, 5.41) is 9.14. The monoisotopic (exact) mass is 318 g/mol. The SMILES string of the molecule is Brc1cncc(NC2=NNNN2c2ccccc2)c1. The Morgan fingerprint density at radius 2 is 2.00 bits per heavy atom. The van der Waals surface area contributed by atoms with E-state index < -0.39 is 0 Å². The van der Waals surface area contributed by atoms with Crippen molar-refractivity contribution in [1.82, 2.24) is 16.1 Å². The molecule has 3 rings (SSSR count). The van der Waals surface area contributed by atoms with Crippen LogP contribution in [-0.2, 0) is 0 Å². The highest BCUT2D eigenvalue weighted by Gasteiger charge is 2.18. The first-order valence-electron chi connectivity index (χ1n) is 5.64. The minimum Gasteiger partial charge on any atom is -0.322 e. The van der Waals surface area contributed by atoms with Crippen LogP contribution in [0.2, 0.25) is 0 Å². The molecule has 0 unspecified atom stereocenters. The highest BCUT2D eigenvalue weighted by Crippen LogP contribution is 2.17. The van der Waals surface area contributed by atoms with E-state index in [1.807, 2.05) is 36.4 Å². The van der Waals surface area contributed by atoms with Crippen LogP contribution in [0.4, 0.5) is 11.4 Å². The summed E-state index contributed by atoms with van der Waals surface area (Å²) in [5.74, 6) is 0.645. The molecule has 2 aromatic rings. The van der Waals surface area contributed by atoms with E-state index in [4.69, 9.17) is 0 Å². The number of guanidine groups is 1. The molecule has 0 fully saturated rings. The topological polar surface area (TPSA) is 64.6 Å². The van der Waals surface area contributed by atoms with Crippen LogP contribution in [0, 0.1) is 0 Å². The first-order chi connectivity index (χ1) is 9.33. The Hall–Kier alpha value is -2.12. The number of anilines is 2. The average Bonchev–Trinajstić information content (AvgIpc) is 2.88. The Balaban J connectivity index is 1.81. The summed E-state index contributed by atoms with van der Waals surface area (Å²) in [5.41, 5.74) is 7.49. The summed E-state index contributed by atoms with van der Waals surface area (Å²) in [6.07, 6.45) is 3.46. The van der Waals surface area contributed by atoms with Gasteiger partial charge in [0.05, 0.1) is 17.6 Å². The van der Waals surface area contributed by atoms with E-state index in [9.17, 15) is 0 Å². The Morgan fingerprint density at radius 1 is 1.16 bits per heavy atom. The smallest absolute Gasteiger partial charge is 0.243 e. The van der Waals surface area contributed by atoms with Gasteiger partial charge >= 0.3 is 0 Å². The molecule has 0 amide bonds. The van der Waals surface area contributed by atoms with Gasteiger partial charge in [-0.05, 0) is 34.1 Å². The Morgan fingerprint density at radius 3 is 2.79 bits per heavy atom. The van der Waals surface area contributed by atoms with E-state index in [0.717, 1.165) is 15.8 Å². The number of halogens is 1. The van der Waals surface area contributed by atoms with Crippen molar-refractivity contribution < 1.29 is 0 Å². The number of nitrogens with one attached hydrogen (secondary N) is 3. The van der Waals surface area contributed by atoms with Gasteiger partial charge in [0.25, 0.3) is 0 Å². The maximum atomic E-state index is 4.15. The molecule has 1 aliphatic heterocycles. The number of hydrogen-bond donors (Lipinski definition) is 3. The van der Waals surface area contributed by atoms with Crippen molar-refractivity contribution >= 4 is 33.3 Å². The Labute approximate surface area is 118 Å². The third-order valence-corrected chi connectivity index (χ3v) is 2.94. The molecule has 96 valence electrons. The van der Waals surface area contributed by atoms with Gasteiger partial charge in [-0.1, -0.05) is 18.2 Å². The summed E-state index contributed by atoms with van der Waals surface area (Å²) in [6, 6.07) is 11.8. The summed E-state index contributed by atoms with van der Waals surface area (Å²) in [6.45, 7) is 0. The molecule has 0 spiro atoms. The number of para-hydroxylation sites is 1. The van der Waals surface area contributed by atoms with Crippen LogP contribution in [0.3, 0.4) is 0 Å². The van der Waals surface area contributed by atoms with Crippen molar-refractivity contribution in [1.29, 1.82) is 0 Å². The zero-order valence-corrected chi connectivity index (χ0v) is 11.4. The molecule has 3 N–H and O–H groups in total. The number of pyridine rings is 1. The van der Waals surface area contributed by atoms with Crippen molar-refractivity contribution in [3.63, 3.8) is 0 Å². The number of aromatic nitrogens is 1. The van der Waals surface area contributed by atoms with Gasteiger partial charge < -0.3 is 5.32 Å². The summed E-state index contributed by atoms with van der Waals surface area (Å²) < 4.78 is 0.906. The van der Waals surface area contributed by atoms with Crippen molar-refractivity contribution in [3.05, 3.63) is 53.3 Å². The molecule has 19 heavy (non-hydrogen) atoms. The van der Waals surface area contributed by atoms with Crippen molar-refractivity contribution in [3.8, 4) is 0 Å². The zero-order chi connectivity index (χ0) is 13.1. The maximum Gasteiger partial charge on any atom is 0.243 e. The molecule has 1 aromatic carbocycles. The highest BCUT2D eigenvalue weighted by atomic mass is 79.9. The van der Waals surface area contributed by atoms with Crippen LogP contribution in [0.5, 0.6) is 0 Å². The van der Waals surface area contributed by atoms with Gasteiger partial charge in [-0.15, -0.1) is 10.6 Å². The van der Waals surface area contributed by atoms with Crippen LogP contribution >= 0.6 is 15.9 Å². The van der Waals surface area contributed by atoms with Gasteiger partial charge in [-0.25, -0.2) is 10.5 Å². The van der Waals surface area contributed by atoms with E-state index in [1.54, 1.807) is 17.4 Å². The van der Waals surface area contributed by atoms with Crippen molar-refractivity contribution in [2.45, 2.75) is 0 Å². The predicted octanol–water partition coefficient (Wildman–Crippen LogP) is 2.06. The first kappa shape index (κ1) is 11.9. The molecule has 2 heterocycles. The number of hydrazone groups is 1. The molecular weight excluding hydrogens is 308 g/mol. The number of nitrogens with zero attached hydrogens (tertiary/aromatic N) is 3. The molecule has 1 aromatic heterocycles. The number of rotatable bonds is 2. The largest absolute Gasteiger partial charge is 0.322 e. The molecule has 0 atom stereocenters. The number of hydrazine groups is 2. The third kappa shape index (κ3) is 2.67. The lowest BCUT2D eigenvalue weighted by atomic mass is 10.3. The highest BCUT2D eigenvalue weighted by molar-refractivity contribution is 9.10. The van der Waals surface area contributed by atoms with E-state index in [-0.39, 0.29) is 0 Å². The molecular formula is C12H11BrN6.